The first-order chi connectivity index (χ1) is 15.3. The van der Waals surface area contributed by atoms with Gasteiger partial charge >= 0.3 is 5.97 Å². The molecule has 0 radical (unpaired) electrons. The van der Waals surface area contributed by atoms with Crippen LogP contribution in [0.15, 0.2) is 30.3 Å². The fourth-order valence-corrected chi connectivity index (χ4v) is 6.46. The fraction of sp³-hybridized carbons (Fsp3) is 0.621. The van der Waals surface area contributed by atoms with Gasteiger partial charge in [-0.05, 0) is 96.7 Å². The topological polar surface area (TPSA) is 35.5 Å². The van der Waals surface area contributed by atoms with Crippen molar-refractivity contribution in [1.82, 2.24) is 0 Å². The summed E-state index contributed by atoms with van der Waals surface area (Å²) < 4.78 is 11.8. The standard InChI is InChI=1S/C29H40O3/c1-7-26-25-12-9-20-17-21(31-6)10-13-23(20)24(25)14-15-29(26,5)28(30)32-27-16-19(4)8-11-22(27)18(2)3/h9-10,12-13,17-19,22,26-27H,7-8,11,14-16H2,1-6H3/t19-,22+,26-,27-,29+/m1/s1. The molecule has 0 N–H and O–H groups in total. The van der Waals surface area contributed by atoms with Crippen molar-refractivity contribution in [1.29, 1.82) is 0 Å². The van der Waals surface area contributed by atoms with Crippen LogP contribution in [-0.4, -0.2) is 19.2 Å². The Morgan fingerprint density at radius 1 is 1.19 bits per heavy atom. The smallest absolute Gasteiger partial charge is 0.312 e. The first-order valence-corrected chi connectivity index (χ1v) is 12.6. The van der Waals surface area contributed by atoms with Crippen molar-refractivity contribution in [2.45, 2.75) is 85.2 Å². The molecule has 3 heteroatoms. The maximum Gasteiger partial charge on any atom is 0.312 e. The van der Waals surface area contributed by atoms with Crippen molar-refractivity contribution < 1.29 is 14.3 Å². The normalized spacial score (nSPS) is 30.2. The van der Waals surface area contributed by atoms with E-state index in [1.807, 2.05) is 6.07 Å². The molecule has 2 aromatic carbocycles. The number of fused-ring (bicyclic) bond motifs is 3. The SMILES string of the molecule is CC[C@@H]1c2ccc3cc(OC)ccc3c2CC[C@]1(C)C(=O)O[C@@H]1C[C@H](C)CC[C@H]1C(C)C. The highest BCUT2D eigenvalue weighted by Gasteiger charge is 2.47. The van der Waals surface area contributed by atoms with Crippen molar-refractivity contribution in [3.63, 3.8) is 0 Å². The largest absolute Gasteiger partial charge is 0.497 e. The maximum absolute atomic E-state index is 13.8. The monoisotopic (exact) mass is 436 g/mol. The first-order valence-electron chi connectivity index (χ1n) is 12.6. The van der Waals surface area contributed by atoms with Gasteiger partial charge in [0.1, 0.15) is 11.9 Å². The molecular weight excluding hydrogens is 396 g/mol. The van der Waals surface area contributed by atoms with E-state index in [-0.39, 0.29) is 18.0 Å². The molecule has 0 heterocycles. The Hall–Kier alpha value is -2.03. The zero-order valence-electron chi connectivity index (χ0n) is 20.7. The highest BCUT2D eigenvalue weighted by molar-refractivity contribution is 5.89. The molecule has 4 rings (SSSR count). The van der Waals surface area contributed by atoms with Gasteiger partial charge in [0.15, 0.2) is 0 Å². The Morgan fingerprint density at radius 3 is 2.66 bits per heavy atom. The molecule has 2 aliphatic rings. The Kier molecular flexibility index (Phi) is 6.56. The number of rotatable bonds is 5. The van der Waals surface area contributed by atoms with Crippen LogP contribution in [0.2, 0.25) is 0 Å². The van der Waals surface area contributed by atoms with E-state index < -0.39 is 5.41 Å². The number of esters is 1. The second kappa shape index (κ2) is 9.08. The quantitative estimate of drug-likeness (QED) is 0.461. The second-order valence-corrected chi connectivity index (χ2v) is 10.9. The van der Waals surface area contributed by atoms with Crippen molar-refractivity contribution in [3.05, 3.63) is 41.5 Å². The lowest BCUT2D eigenvalue weighted by Crippen LogP contribution is -2.44. The highest BCUT2D eigenvalue weighted by Crippen LogP contribution is 2.50. The molecular formula is C29H40O3. The van der Waals surface area contributed by atoms with E-state index in [9.17, 15) is 4.79 Å². The zero-order valence-corrected chi connectivity index (χ0v) is 20.7. The van der Waals surface area contributed by atoms with Gasteiger partial charge in [-0.1, -0.05) is 52.3 Å². The molecule has 0 aromatic heterocycles. The van der Waals surface area contributed by atoms with Crippen LogP contribution in [0.5, 0.6) is 5.75 Å². The number of hydrogen-bond donors (Lipinski definition) is 0. The van der Waals surface area contributed by atoms with Gasteiger partial charge in [-0.2, -0.15) is 0 Å². The molecule has 0 unspecified atom stereocenters. The summed E-state index contributed by atoms with van der Waals surface area (Å²) in [5, 5.41) is 2.50. The number of hydrogen-bond acceptors (Lipinski definition) is 3. The van der Waals surface area contributed by atoms with E-state index in [0.29, 0.717) is 17.8 Å². The van der Waals surface area contributed by atoms with E-state index in [4.69, 9.17) is 9.47 Å². The zero-order chi connectivity index (χ0) is 23.0. The Morgan fingerprint density at radius 2 is 1.97 bits per heavy atom. The van der Waals surface area contributed by atoms with E-state index in [1.165, 1.54) is 34.7 Å². The van der Waals surface area contributed by atoms with Gasteiger partial charge in [0.2, 0.25) is 0 Å². The molecule has 0 aliphatic heterocycles. The van der Waals surface area contributed by atoms with Crippen LogP contribution in [-0.2, 0) is 16.0 Å². The molecule has 0 spiro atoms. The van der Waals surface area contributed by atoms with Crippen molar-refractivity contribution in [2.24, 2.45) is 23.2 Å². The lowest BCUT2D eigenvalue weighted by Gasteiger charge is -2.43. The third-order valence-electron chi connectivity index (χ3n) is 8.51. The molecule has 174 valence electrons. The first kappa shape index (κ1) is 23.1. The fourth-order valence-electron chi connectivity index (χ4n) is 6.46. The molecule has 1 saturated carbocycles. The van der Waals surface area contributed by atoms with Crippen molar-refractivity contribution in [3.8, 4) is 5.75 Å². The van der Waals surface area contributed by atoms with E-state index in [1.54, 1.807) is 7.11 Å². The second-order valence-electron chi connectivity index (χ2n) is 10.9. The minimum absolute atomic E-state index is 0.0228. The molecule has 1 fully saturated rings. The van der Waals surface area contributed by atoms with Gasteiger partial charge < -0.3 is 9.47 Å². The van der Waals surface area contributed by atoms with Crippen LogP contribution in [0.25, 0.3) is 10.8 Å². The van der Waals surface area contributed by atoms with Crippen molar-refractivity contribution >= 4 is 16.7 Å². The van der Waals surface area contributed by atoms with Gasteiger partial charge in [-0.15, -0.1) is 0 Å². The van der Waals surface area contributed by atoms with Gasteiger partial charge in [-0.25, -0.2) is 0 Å². The number of benzene rings is 2. The summed E-state index contributed by atoms with van der Waals surface area (Å²) >= 11 is 0. The summed E-state index contributed by atoms with van der Waals surface area (Å²) in [6.07, 6.45) is 6.18. The number of carbonyl (C=O) groups is 1. The Labute approximate surface area is 193 Å². The summed E-state index contributed by atoms with van der Waals surface area (Å²) in [6, 6.07) is 10.8. The summed E-state index contributed by atoms with van der Waals surface area (Å²) in [7, 11) is 1.71. The summed E-state index contributed by atoms with van der Waals surface area (Å²) in [5.41, 5.74) is 2.26. The van der Waals surface area contributed by atoms with Crippen LogP contribution in [0.1, 0.15) is 83.8 Å². The van der Waals surface area contributed by atoms with Gasteiger partial charge in [-0.3, -0.25) is 4.79 Å². The number of ether oxygens (including phenoxy) is 2. The van der Waals surface area contributed by atoms with E-state index in [2.05, 4.69) is 58.9 Å². The maximum atomic E-state index is 13.8. The summed E-state index contributed by atoms with van der Waals surface area (Å²) in [6.45, 7) is 11.2. The van der Waals surface area contributed by atoms with Gasteiger partial charge in [0.25, 0.3) is 0 Å². The molecule has 0 bridgehead atoms. The van der Waals surface area contributed by atoms with Crippen molar-refractivity contribution in [2.75, 3.05) is 7.11 Å². The molecule has 0 saturated heterocycles. The predicted molar refractivity (Wildman–Crippen MR) is 131 cm³/mol. The lowest BCUT2D eigenvalue weighted by atomic mass is 9.63. The average Bonchev–Trinajstić information content (AvgIpc) is 2.78. The Bertz CT molecular complexity index is 978. The number of carbonyl (C=O) groups excluding carboxylic acids is 1. The molecule has 2 aromatic rings. The minimum Gasteiger partial charge on any atom is -0.497 e. The van der Waals surface area contributed by atoms with Crippen LogP contribution in [0.3, 0.4) is 0 Å². The predicted octanol–water partition coefficient (Wildman–Crippen LogP) is 7.30. The van der Waals surface area contributed by atoms with Crippen LogP contribution in [0, 0.1) is 23.2 Å². The molecule has 0 amide bonds. The third-order valence-corrected chi connectivity index (χ3v) is 8.51. The highest BCUT2D eigenvalue weighted by atomic mass is 16.5. The van der Waals surface area contributed by atoms with Gasteiger partial charge in [0, 0.05) is 0 Å². The lowest BCUT2D eigenvalue weighted by molar-refractivity contribution is -0.170. The van der Waals surface area contributed by atoms with Gasteiger partial charge in [0.05, 0.1) is 12.5 Å². The minimum atomic E-state index is -0.468. The number of methoxy groups -OCH3 is 1. The third kappa shape index (κ3) is 4.04. The molecule has 3 nitrogen and oxygen atoms in total. The summed E-state index contributed by atoms with van der Waals surface area (Å²) in [4.78, 5) is 13.8. The van der Waals surface area contributed by atoms with E-state index >= 15 is 0 Å². The van der Waals surface area contributed by atoms with E-state index in [0.717, 1.165) is 31.4 Å². The average molecular weight is 437 g/mol. The van der Waals surface area contributed by atoms with Crippen LogP contribution < -0.4 is 4.74 Å². The molecule has 5 atom stereocenters. The Balaban J connectivity index is 1.64. The van der Waals surface area contributed by atoms with Crippen LogP contribution in [0.4, 0.5) is 0 Å². The number of aryl methyl sites for hydroxylation is 1. The summed E-state index contributed by atoms with van der Waals surface area (Å²) in [5.74, 6) is 2.75. The molecule has 2 aliphatic carbocycles. The molecule has 32 heavy (non-hydrogen) atoms. The van der Waals surface area contributed by atoms with Crippen LogP contribution >= 0.6 is 0 Å².